The lowest BCUT2D eigenvalue weighted by Crippen LogP contribution is -1.95. The van der Waals surface area contributed by atoms with Crippen molar-refractivity contribution in [2.45, 2.75) is 12.8 Å². The van der Waals surface area contributed by atoms with Crippen LogP contribution in [-0.2, 0) is 6.42 Å². The van der Waals surface area contributed by atoms with Crippen LogP contribution in [0.4, 0.5) is 0 Å². The SMILES string of the molecule is OCCCc1cn(-c2ccc(I)c(Br)c2)nn1. The number of aromatic nitrogens is 3. The van der Waals surface area contributed by atoms with Gasteiger partial charge < -0.3 is 5.11 Å². The van der Waals surface area contributed by atoms with Crippen LogP contribution in [0.3, 0.4) is 0 Å². The number of rotatable bonds is 4. The molecular weight excluding hydrogens is 397 g/mol. The maximum Gasteiger partial charge on any atom is 0.0832 e. The minimum atomic E-state index is 0.182. The van der Waals surface area contributed by atoms with Gasteiger partial charge in [-0.05, 0) is 69.6 Å². The van der Waals surface area contributed by atoms with E-state index in [9.17, 15) is 0 Å². The molecule has 0 aliphatic carbocycles. The molecule has 2 aromatic rings. The van der Waals surface area contributed by atoms with Crippen LogP contribution in [0.25, 0.3) is 5.69 Å². The largest absolute Gasteiger partial charge is 0.396 e. The van der Waals surface area contributed by atoms with Crippen molar-refractivity contribution in [3.05, 3.63) is 38.1 Å². The summed E-state index contributed by atoms with van der Waals surface area (Å²) in [6, 6.07) is 6.03. The first-order chi connectivity index (χ1) is 8.20. The Kier molecular flexibility index (Phi) is 4.52. The summed E-state index contributed by atoms with van der Waals surface area (Å²) >= 11 is 5.75. The Hall–Kier alpha value is -0.470. The van der Waals surface area contributed by atoms with E-state index < -0.39 is 0 Å². The molecule has 0 bridgehead atoms. The summed E-state index contributed by atoms with van der Waals surface area (Å²) in [5.74, 6) is 0. The van der Waals surface area contributed by atoms with E-state index >= 15 is 0 Å². The molecule has 90 valence electrons. The molecule has 0 saturated heterocycles. The number of aryl methyl sites for hydroxylation is 1. The standard InChI is InChI=1S/C11H11BrIN3O/c12-10-6-9(3-4-11(10)13)16-7-8(14-15-16)2-1-5-17/h3-4,6-7,17H,1-2,5H2. The third-order valence-corrected chi connectivity index (χ3v) is 4.64. The summed E-state index contributed by atoms with van der Waals surface area (Å²) in [7, 11) is 0. The Morgan fingerprint density at radius 1 is 1.41 bits per heavy atom. The number of hydrogen-bond acceptors (Lipinski definition) is 3. The minimum absolute atomic E-state index is 0.182. The molecule has 4 nitrogen and oxygen atoms in total. The lowest BCUT2D eigenvalue weighted by Gasteiger charge is -2.01. The second-order valence-corrected chi connectivity index (χ2v) is 5.60. The average Bonchev–Trinajstić information content (AvgIpc) is 2.79. The van der Waals surface area contributed by atoms with Gasteiger partial charge in [0.1, 0.15) is 0 Å². The van der Waals surface area contributed by atoms with Crippen LogP contribution in [0.1, 0.15) is 12.1 Å². The summed E-state index contributed by atoms with van der Waals surface area (Å²) in [6.45, 7) is 0.182. The molecule has 0 atom stereocenters. The molecule has 0 radical (unpaired) electrons. The van der Waals surface area contributed by atoms with Gasteiger partial charge in [-0.15, -0.1) is 5.10 Å². The van der Waals surface area contributed by atoms with E-state index in [-0.39, 0.29) is 6.61 Å². The Morgan fingerprint density at radius 3 is 2.94 bits per heavy atom. The molecule has 1 aromatic carbocycles. The molecule has 1 heterocycles. The molecule has 0 aliphatic rings. The lowest BCUT2D eigenvalue weighted by molar-refractivity contribution is 0.288. The second kappa shape index (κ2) is 5.92. The van der Waals surface area contributed by atoms with Crippen molar-refractivity contribution in [2.24, 2.45) is 0 Å². The molecule has 0 saturated carbocycles. The molecule has 17 heavy (non-hydrogen) atoms. The van der Waals surface area contributed by atoms with Crippen molar-refractivity contribution >= 4 is 38.5 Å². The maximum atomic E-state index is 8.76. The third-order valence-electron chi connectivity index (χ3n) is 2.30. The van der Waals surface area contributed by atoms with Crippen molar-refractivity contribution in [3.8, 4) is 5.69 Å². The highest BCUT2D eigenvalue weighted by Crippen LogP contribution is 2.21. The summed E-state index contributed by atoms with van der Waals surface area (Å²) in [6.07, 6.45) is 3.36. The third kappa shape index (κ3) is 3.26. The van der Waals surface area contributed by atoms with Crippen LogP contribution in [-0.4, -0.2) is 26.7 Å². The lowest BCUT2D eigenvalue weighted by atomic mass is 10.2. The average molecular weight is 408 g/mol. The van der Waals surface area contributed by atoms with Crippen LogP contribution in [0, 0.1) is 3.57 Å². The van der Waals surface area contributed by atoms with Crippen LogP contribution >= 0.6 is 38.5 Å². The van der Waals surface area contributed by atoms with Crippen molar-refractivity contribution in [2.75, 3.05) is 6.61 Å². The first-order valence-electron chi connectivity index (χ1n) is 5.18. The number of aliphatic hydroxyl groups is 1. The van der Waals surface area contributed by atoms with E-state index in [1.165, 1.54) is 0 Å². The molecule has 6 heteroatoms. The minimum Gasteiger partial charge on any atom is -0.396 e. The van der Waals surface area contributed by atoms with Crippen molar-refractivity contribution in [1.29, 1.82) is 0 Å². The Bertz CT molecular complexity index is 515. The summed E-state index contributed by atoms with van der Waals surface area (Å²) in [5, 5.41) is 16.9. The molecule has 1 N–H and O–H groups in total. The fourth-order valence-electron chi connectivity index (χ4n) is 1.43. The summed E-state index contributed by atoms with van der Waals surface area (Å²) in [5.41, 5.74) is 1.87. The quantitative estimate of drug-likeness (QED) is 0.792. The van der Waals surface area contributed by atoms with E-state index in [4.69, 9.17) is 5.11 Å². The van der Waals surface area contributed by atoms with Crippen LogP contribution in [0.2, 0.25) is 0 Å². The van der Waals surface area contributed by atoms with Gasteiger partial charge in [-0.2, -0.15) is 0 Å². The van der Waals surface area contributed by atoms with Gasteiger partial charge in [0.25, 0.3) is 0 Å². The van der Waals surface area contributed by atoms with Crippen LogP contribution in [0.15, 0.2) is 28.9 Å². The van der Waals surface area contributed by atoms with Gasteiger partial charge in [0.2, 0.25) is 0 Å². The first-order valence-corrected chi connectivity index (χ1v) is 7.05. The zero-order valence-electron chi connectivity index (χ0n) is 8.98. The molecular formula is C11H11BrIN3O. The molecule has 0 aliphatic heterocycles. The Morgan fingerprint density at radius 2 is 2.24 bits per heavy atom. The van der Waals surface area contributed by atoms with Gasteiger partial charge in [-0.1, -0.05) is 5.21 Å². The predicted molar refractivity (Wildman–Crippen MR) is 77.2 cm³/mol. The number of benzene rings is 1. The van der Waals surface area contributed by atoms with Gasteiger partial charge in [-0.3, -0.25) is 0 Å². The zero-order valence-corrected chi connectivity index (χ0v) is 12.7. The molecule has 2 rings (SSSR count). The highest BCUT2D eigenvalue weighted by Gasteiger charge is 2.04. The van der Waals surface area contributed by atoms with Gasteiger partial charge >= 0.3 is 0 Å². The Labute approximate surface area is 121 Å². The number of hydrogen-bond donors (Lipinski definition) is 1. The molecule has 0 amide bonds. The second-order valence-electron chi connectivity index (χ2n) is 3.58. The van der Waals surface area contributed by atoms with Crippen molar-refractivity contribution in [3.63, 3.8) is 0 Å². The summed E-state index contributed by atoms with van der Waals surface area (Å²) < 4.78 is 3.95. The van der Waals surface area contributed by atoms with E-state index in [1.54, 1.807) is 4.68 Å². The van der Waals surface area contributed by atoms with Crippen LogP contribution in [0.5, 0.6) is 0 Å². The number of halogens is 2. The van der Waals surface area contributed by atoms with Gasteiger partial charge in [0.05, 0.1) is 17.6 Å². The molecule has 0 unspecified atom stereocenters. The molecule has 0 fully saturated rings. The molecule has 0 spiro atoms. The Balaban J connectivity index is 2.21. The highest BCUT2D eigenvalue weighted by molar-refractivity contribution is 14.1. The number of aliphatic hydroxyl groups excluding tert-OH is 1. The van der Waals surface area contributed by atoms with Gasteiger partial charge in [0.15, 0.2) is 0 Å². The van der Waals surface area contributed by atoms with Gasteiger partial charge in [0, 0.05) is 14.6 Å². The normalized spacial score (nSPS) is 10.8. The van der Waals surface area contributed by atoms with E-state index in [0.29, 0.717) is 0 Å². The zero-order chi connectivity index (χ0) is 12.3. The smallest absolute Gasteiger partial charge is 0.0832 e. The first kappa shape index (κ1) is 13.0. The fourth-order valence-corrected chi connectivity index (χ4v) is 2.13. The van der Waals surface area contributed by atoms with E-state index in [2.05, 4.69) is 48.8 Å². The monoisotopic (exact) mass is 407 g/mol. The fraction of sp³-hybridized carbons (Fsp3) is 0.273. The number of nitrogens with zero attached hydrogens (tertiary/aromatic N) is 3. The van der Waals surface area contributed by atoms with Crippen LogP contribution < -0.4 is 0 Å². The summed E-state index contributed by atoms with van der Waals surface area (Å²) in [4.78, 5) is 0. The maximum absolute atomic E-state index is 8.76. The highest BCUT2D eigenvalue weighted by atomic mass is 127. The van der Waals surface area contributed by atoms with Crippen molar-refractivity contribution < 1.29 is 5.11 Å². The molecule has 1 aromatic heterocycles. The topological polar surface area (TPSA) is 50.9 Å². The van der Waals surface area contributed by atoms with Crippen molar-refractivity contribution in [1.82, 2.24) is 15.0 Å². The van der Waals surface area contributed by atoms with Gasteiger partial charge in [-0.25, -0.2) is 4.68 Å². The predicted octanol–water partition coefficient (Wildman–Crippen LogP) is 2.56. The van der Waals surface area contributed by atoms with E-state index in [1.807, 2.05) is 24.4 Å². The van der Waals surface area contributed by atoms with E-state index in [0.717, 1.165) is 32.3 Å².